The third kappa shape index (κ3) is 5.91. The summed E-state index contributed by atoms with van der Waals surface area (Å²) in [5, 5.41) is 3.02. The molecule has 2 aliphatic rings. The molecule has 0 saturated carbocycles. The number of carbonyl (C=O) groups is 4. The largest absolute Gasteiger partial charge is 0.448 e. The van der Waals surface area contributed by atoms with Crippen LogP contribution in [0.3, 0.4) is 0 Å². The third-order valence-electron chi connectivity index (χ3n) is 5.80. The van der Waals surface area contributed by atoms with E-state index >= 15 is 0 Å². The first-order chi connectivity index (χ1) is 18.2. The Hall–Kier alpha value is -3.25. The van der Waals surface area contributed by atoms with Gasteiger partial charge in [-0.25, -0.2) is 4.79 Å². The van der Waals surface area contributed by atoms with E-state index in [-0.39, 0.29) is 23.8 Å². The zero-order valence-corrected chi connectivity index (χ0v) is 22.0. The fourth-order valence-corrected chi connectivity index (χ4v) is 5.02. The molecule has 0 radical (unpaired) electrons. The Labute approximate surface area is 230 Å². The van der Waals surface area contributed by atoms with Gasteiger partial charge in [0.1, 0.15) is 22.8 Å². The number of ether oxygens (including phenoxy) is 2. The lowest BCUT2D eigenvalue weighted by Gasteiger charge is -2.34. The van der Waals surface area contributed by atoms with Gasteiger partial charge in [0, 0.05) is 12.0 Å². The van der Waals surface area contributed by atoms with Crippen molar-refractivity contribution in [1.29, 1.82) is 0 Å². The lowest BCUT2D eigenvalue weighted by Crippen LogP contribution is -2.57. The lowest BCUT2D eigenvalue weighted by molar-refractivity contribution is -0.260. The van der Waals surface area contributed by atoms with E-state index < -0.39 is 58.2 Å². The predicted molar refractivity (Wildman–Crippen MR) is 136 cm³/mol. The van der Waals surface area contributed by atoms with Crippen molar-refractivity contribution in [3.8, 4) is 0 Å². The van der Waals surface area contributed by atoms with Gasteiger partial charge >= 0.3 is 17.7 Å². The Morgan fingerprint density at radius 1 is 1.13 bits per heavy atom. The second kappa shape index (κ2) is 12.1. The van der Waals surface area contributed by atoms with Gasteiger partial charge in [-0.1, -0.05) is 83.9 Å². The molecule has 38 heavy (non-hydrogen) atoms. The van der Waals surface area contributed by atoms with E-state index in [0.29, 0.717) is 16.2 Å². The van der Waals surface area contributed by atoms with E-state index in [1.54, 1.807) is 48.5 Å². The van der Waals surface area contributed by atoms with Gasteiger partial charge in [0.05, 0.1) is 17.2 Å². The Morgan fingerprint density at radius 2 is 1.74 bits per heavy atom. The fourth-order valence-electron chi connectivity index (χ4n) is 4.00. The van der Waals surface area contributed by atoms with Crippen LogP contribution in [-0.4, -0.2) is 57.2 Å². The molecule has 0 aromatic heterocycles. The summed E-state index contributed by atoms with van der Waals surface area (Å²) in [6, 6.07) is 16.6. The SMILES string of the molecule is O=C(CS(=O)C(Cl)=CCl)N[C@H]1CON(C2(C(=O)OC(c3ccccc3)c3ccccc3)CCC(=O)O2)C1=O. The average molecular weight is 581 g/mol. The number of hydrogen-bond donors (Lipinski definition) is 1. The van der Waals surface area contributed by atoms with Gasteiger partial charge in [-0.3, -0.25) is 23.4 Å². The number of rotatable bonds is 9. The van der Waals surface area contributed by atoms with E-state index in [2.05, 4.69) is 5.32 Å². The topological polar surface area (TPSA) is 128 Å². The molecule has 2 saturated heterocycles. The number of hydroxylamine groups is 2. The van der Waals surface area contributed by atoms with E-state index in [9.17, 15) is 23.4 Å². The average Bonchev–Trinajstić information content (AvgIpc) is 3.50. The van der Waals surface area contributed by atoms with E-state index in [1.807, 2.05) is 12.1 Å². The van der Waals surface area contributed by atoms with Crippen molar-refractivity contribution < 1.29 is 37.7 Å². The second-order valence-electron chi connectivity index (χ2n) is 8.32. The van der Waals surface area contributed by atoms with Crippen molar-refractivity contribution in [3.05, 3.63) is 81.7 Å². The van der Waals surface area contributed by atoms with Gasteiger partial charge in [-0.15, -0.1) is 0 Å². The summed E-state index contributed by atoms with van der Waals surface area (Å²) in [5.41, 5.74) is -0.00695. The van der Waals surface area contributed by atoms with Gasteiger partial charge in [-0.05, 0) is 11.1 Å². The maximum atomic E-state index is 13.7. The molecule has 2 aliphatic heterocycles. The molecule has 13 heteroatoms. The van der Waals surface area contributed by atoms with Gasteiger partial charge in [0.15, 0.2) is 6.10 Å². The summed E-state index contributed by atoms with van der Waals surface area (Å²) in [6.07, 6.45) is -1.25. The molecule has 2 amide bonds. The summed E-state index contributed by atoms with van der Waals surface area (Å²) in [7, 11) is -1.91. The molecule has 0 aliphatic carbocycles. The van der Waals surface area contributed by atoms with Crippen LogP contribution in [0.1, 0.15) is 30.1 Å². The van der Waals surface area contributed by atoms with Crippen LogP contribution in [0.4, 0.5) is 0 Å². The summed E-state index contributed by atoms with van der Waals surface area (Å²) < 4.78 is 23.0. The summed E-state index contributed by atoms with van der Waals surface area (Å²) in [6.45, 7) is -0.357. The monoisotopic (exact) mass is 580 g/mol. The molecular formula is C25H22Cl2N2O8S. The minimum atomic E-state index is -2.19. The standard InChI is InChI=1S/C25H22Cl2N2O8S/c26-13-19(27)38(34)15-20(30)28-18-14-35-29(23(18)32)25(12-11-21(31)37-25)24(33)36-22(16-7-3-1-4-8-16)17-9-5-2-6-10-17/h1-10,13,18,22H,11-12,14-15H2,(H,28,30)/t18-,25?,38?/m0/s1. The van der Waals surface area contributed by atoms with Crippen molar-refractivity contribution >= 4 is 57.8 Å². The third-order valence-corrected chi connectivity index (χ3v) is 7.96. The quantitative estimate of drug-likeness (QED) is 0.448. The molecule has 200 valence electrons. The minimum Gasteiger partial charge on any atom is -0.448 e. The molecule has 2 aromatic carbocycles. The van der Waals surface area contributed by atoms with Gasteiger partial charge in [-0.2, -0.15) is 5.06 Å². The zero-order chi connectivity index (χ0) is 27.3. The van der Waals surface area contributed by atoms with Crippen molar-refractivity contribution in [3.63, 3.8) is 0 Å². The van der Waals surface area contributed by atoms with Crippen LogP contribution in [0, 0.1) is 0 Å². The predicted octanol–water partition coefficient (Wildman–Crippen LogP) is 2.64. The van der Waals surface area contributed by atoms with Crippen LogP contribution in [0.25, 0.3) is 0 Å². The number of nitrogens with one attached hydrogen (secondary N) is 1. The minimum absolute atomic E-state index is 0.164. The number of esters is 2. The van der Waals surface area contributed by atoms with Crippen molar-refractivity contribution in [2.45, 2.75) is 30.7 Å². The molecule has 2 fully saturated rings. The highest BCUT2D eigenvalue weighted by Crippen LogP contribution is 2.37. The van der Waals surface area contributed by atoms with Crippen LogP contribution in [0.5, 0.6) is 0 Å². The van der Waals surface area contributed by atoms with E-state index in [0.717, 1.165) is 5.54 Å². The van der Waals surface area contributed by atoms with Crippen LogP contribution in [-0.2, 0) is 44.3 Å². The molecule has 2 unspecified atom stereocenters. The molecule has 4 rings (SSSR count). The Kier molecular flexibility index (Phi) is 8.83. The fraction of sp³-hybridized carbons (Fsp3) is 0.280. The Morgan fingerprint density at radius 3 is 2.26 bits per heavy atom. The number of cyclic esters (lactones) is 1. The van der Waals surface area contributed by atoms with Gasteiger partial charge in [0.2, 0.25) is 5.91 Å². The maximum Gasteiger partial charge on any atom is 0.376 e. The smallest absolute Gasteiger partial charge is 0.376 e. The highest BCUT2D eigenvalue weighted by atomic mass is 35.5. The van der Waals surface area contributed by atoms with Gasteiger partial charge in [0.25, 0.3) is 5.91 Å². The number of nitrogens with zero attached hydrogens (tertiary/aromatic N) is 1. The Bertz CT molecular complexity index is 1240. The van der Waals surface area contributed by atoms with E-state index in [4.69, 9.17) is 37.5 Å². The van der Waals surface area contributed by atoms with Crippen LogP contribution in [0.2, 0.25) is 0 Å². The van der Waals surface area contributed by atoms with Gasteiger partial charge < -0.3 is 14.8 Å². The molecule has 3 atom stereocenters. The number of amides is 2. The Balaban J connectivity index is 1.55. The highest BCUT2D eigenvalue weighted by Gasteiger charge is 2.60. The van der Waals surface area contributed by atoms with Crippen molar-refractivity contribution in [2.75, 3.05) is 12.4 Å². The van der Waals surface area contributed by atoms with Crippen molar-refractivity contribution in [2.24, 2.45) is 0 Å². The lowest BCUT2D eigenvalue weighted by atomic mass is 10.0. The first-order valence-corrected chi connectivity index (χ1v) is 13.5. The highest BCUT2D eigenvalue weighted by molar-refractivity contribution is 7.91. The second-order valence-corrected chi connectivity index (χ2v) is 10.6. The molecule has 1 N–H and O–H groups in total. The first kappa shape index (κ1) is 27.8. The number of halogens is 2. The summed E-state index contributed by atoms with van der Waals surface area (Å²) >= 11 is 11.1. The summed E-state index contributed by atoms with van der Waals surface area (Å²) in [5.74, 6) is -3.90. The normalized spacial score (nSPS) is 22.3. The number of carbonyl (C=O) groups excluding carboxylic acids is 4. The molecule has 0 bridgehead atoms. The molecule has 10 nitrogen and oxygen atoms in total. The van der Waals surface area contributed by atoms with E-state index in [1.165, 1.54) is 0 Å². The maximum absolute atomic E-state index is 13.7. The summed E-state index contributed by atoms with van der Waals surface area (Å²) in [4.78, 5) is 56.8. The molecule has 2 aromatic rings. The van der Waals surface area contributed by atoms with Crippen LogP contribution in [0.15, 0.2) is 70.6 Å². The number of hydrogen-bond acceptors (Lipinski definition) is 8. The molecule has 2 heterocycles. The zero-order valence-electron chi connectivity index (χ0n) is 19.7. The molecular weight excluding hydrogens is 559 g/mol. The number of benzene rings is 2. The van der Waals surface area contributed by atoms with Crippen LogP contribution >= 0.6 is 23.2 Å². The van der Waals surface area contributed by atoms with Crippen LogP contribution < -0.4 is 5.32 Å². The first-order valence-electron chi connectivity index (χ1n) is 11.4. The molecule has 0 spiro atoms. The van der Waals surface area contributed by atoms with Crippen molar-refractivity contribution in [1.82, 2.24) is 10.4 Å².